The molecular formula is C16H13N3O2. The smallest absolute Gasteiger partial charge is 0.271 e. The van der Waals surface area contributed by atoms with Crippen LogP contribution in [0.5, 0.6) is 5.75 Å². The van der Waals surface area contributed by atoms with E-state index in [0.29, 0.717) is 11.3 Å². The summed E-state index contributed by atoms with van der Waals surface area (Å²) in [5.74, 6) is 2.79. The molecule has 21 heavy (non-hydrogen) atoms. The number of aromatic nitrogens is 1. The summed E-state index contributed by atoms with van der Waals surface area (Å²) in [6.45, 7) is 0.232. The van der Waals surface area contributed by atoms with Crippen LogP contribution in [0.4, 0.5) is 0 Å². The maximum absolute atomic E-state index is 11.7. The predicted octanol–water partition coefficient (Wildman–Crippen LogP) is 1.86. The fraction of sp³-hybridized carbons (Fsp3) is 0.0625. The number of carbonyl (C=O) groups excluding carboxylic acids is 1. The third-order valence-corrected chi connectivity index (χ3v) is 2.52. The van der Waals surface area contributed by atoms with Crippen molar-refractivity contribution in [3.8, 4) is 18.1 Å². The fourth-order valence-corrected chi connectivity index (χ4v) is 1.51. The lowest BCUT2D eigenvalue weighted by atomic mass is 10.2. The van der Waals surface area contributed by atoms with Gasteiger partial charge in [-0.15, -0.1) is 6.42 Å². The van der Waals surface area contributed by atoms with Crippen molar-refractivity contribution >= 4 is 12.1 Å². The van der Waals surface area contributed by atoms with Gasteiger partial charge in [0.05, 0.1) is 6.21 Å². The summed E-state index contributed by atoms with van der Waals surface area (Å²) in [6.07, 6.45) is 9.75. The molecule has 5 heteroatoms. The highest BCUT2D eigenvalue weighted by molar-refractivity contribution is 5.94. The van der Waals surface area contributed by atoms with E-state index in [4.69, 9.17) is 11.2 Å². The molecule has 0 saturated carbocycles. The van der Waals surface area contributed by atoms with E-state index < -0.39 is 0 Å². The molecule has 0 fully saturated rings. The number of nitrogens with one attached hydrogen (secondary N) is 1. The van der Waals surface area contributed by atoms with E-state index in [1.165, 1.54) is 0 Å². The normalized spacial score (nSPS) is 10.0. The minimum absolute atomic E-state index is 0.232. The molecule has 0 aliphatic rings. The first-order valence-electron chi connectivity index (χ1n) is 6.19. The van der Waals surface area contributed by atoms with Gasteiger partial charge >= 0.3 is 0 Å². The summed E-state index contributed by atoms with van der Waals surface area (Å²) in [4.78, 5) is 15.6. The van der Waals surface area contributed by atoms with Crippen molar-refractivity contribution in [1.29, 1.82) is 0 Å². The Morgan fingerprint density at radius 3 is 2.67 bits per heavy atom. The van der Waals surface area contributed by atoms with Crippen LogP contribution in [0.25, 0.3) is 0 Å². The zero-order valence-electron chi connectivity index (χ0n) is 11.2. The van der Waals surface area contributed by atoms with Gasteiger partial charge in [-0.3, -0.25) is 9.78 Å². The lowest BCUT2D eigenvalue weighted by Gasteiger charge is -2.02. The number of hydrogen-bond donors (Lipinski definition) is 1. The number of hydrogen-bond acceptors (Lipinski definition) is 4. The summed E-state index contributed by atoms with van der Waals surface area (Å²) < 4.78 is 5.25. The summed E-state index contributed by atoms with van der Waals surface area (Å²) in [6, 6.07) is 10.4. The number of rotatable bonds is 5. The molecule has 1 amide bonds. The summed E-state index contributed by atoms with van der Waals surface area (Å²) in [5, 5.41) is 3.89. The van der Waals surface area contributed by atoms with Gasteiger partial charge in [-0.25, -0.2) is 5.43 Å². The second-order valence-corrected chi connectivity index (χ2v) is 4.00. The first-order valence-corrected chi connectivity index (χ1v) is 6.19. The first-order chi connectivity index (χ1) is 10.3. The molecular weight excluding hydrogens is 266 g/mol. The Morgan fingerprint density at radius 1 is 1.29 bits per heavy atom. The highest BCUT2D eigenvalue weighted by atomic mass is 16.5. The van der Waals surface area contributed by atoms with Gasteiger partial charge in [-0.05, 0) is 42.0 Å². The van der Waals surface area contributed by atoms with E-state index in [0.717, 1.165) is 5.56 Å². The Bertz CT molecular complexity index is 658. The van der Waals surface area contributed by atoms with Gasteiger partial charge in [-0.2, -0.15) is 5.10 Å². The topological polar surface area (TPSA) is 63.6 Å². The molecule has 0 aliphatic carbocycles. The highest BCUT2D eigenvalue weighted by Crippen LogP contribution is 2.10. The molecule has 0 saturated heterocycles. The third-order valence-electron chi connectivity index (χ3n) is 2.52. The lowest BCUT2D eigenvalue weighted by molar-refractivity contribution is 0.0955. The van der Waals surface area contributed by atoms with Crippen molar-refractivity contribution in [2.45, 2.75) is 0 Å². The number of benzene rings is 1. The average molecular weight is 279 g/mol. The standard InChI is InChI=1S/C16H13N3O2/c1-2-11-21-15-5-3-13(4-6-15)12-18-19-16(20)14-7-9-17-10-8-14/h1,3-10,12H,11H2,(H,19,20). The SMILES string of the molecule is C#CCOc1ccc(C=NNC(=O)c2ccncc2)cc1. The van der Waals surface area contributed by atoms with E-state index in [1.807, 2.05) is 12.1 Å². The molecule has 2 aromatic rings. The molecule has 2 rings (SSSR count). The van der Waals surface area contributed by atoms with E-state index in [-0.39, 0.29) is 12.5 Å². The van der Waals surface area contributed by atoms with Gasteiger partial charge in [-0.1, -0.05) is 5.92 Å². The molecule has 1 aromatic carbocycles. The number of nitrogens with zero attached hydrogens (tertiary/aromatic N) is 2. The van der Waals surface area contributed by atoms with Gasteiger partial charge in [0, 0.05) is 18.0 Å². The van der Waals surface area contributed by atoms with E-state index in [1.54, 1.807) is 42.9 Å². The molecule has 0 spiro atoms. The van der Waals surface area contributed by atoms with Gasteiger partial charge in [0.15, 0.2) is 0 Å². The number of carbonyl (C=O) groups is 1. The van der Waals surface area contributed by atoms with Crippen molar-refractivity contribution in [3.05, 3.63) is 59.9 Å². The zero-order valence-corrected chi connectivity index (χ0v) is 11.2. The monoisotopic (exact) mass is 279 g/mol. The summed E-state index contributed by atoms with van der Waals surface area (Å²) in [5.41, 5.74) is 3.77. The maximum atomic E-state index is 11.7. The Morgan fingerprint density at radius 2 is 2.00 bits per heavy atom. The van der Waals surface area contributed by atoms with Crippen LogP contribution in [-0.2, 0) is 0 Å². The number of ether oxygens (including phenoxy) is 1. The zero-order chi connectivity index (χ0) is 14.9. The second kappa shape index (κ2) is 7.46. The number of terminal acetylenes is 1. The molecule has 104 valence electrons. The molecule has 1 N–H and O–H groups in total. The van der Waals surface area contributed by atoms with Crippen molar-refractivity contribution in [1.82, 2.24) is 10.4 Å². The Labute approximate surface area is 122 Å². The maximum Gasteiger partial charge on any atom is 0.271 e. The van der Waals surface area contributed by atoms with Crippen LogP contribution in [0.15, 0.2) is 53.9 Å². The van der Waals surface area contributed by atoms with Crippen molar-refractivity contribution in [3.63, 3.8) is 0 Å². The van der Waals surface area contributed by atoms with E-state index in [2.05, 4.69) is 21.4 Å². The molecule has 0 radical (unpaired) electrons. The largest absolute Gasteiger partial charge is 0.481 e. The Balaban J connectivity index is 1.90. The van der Waals surface area contributed by atoms with Crippen molar-refractivity contribution in [2.24, 2.45) is 5.10 Å². The van der Waals surface area contributed by atoms with Crippen molar-refractivity contribution < 1.29 is 9.53 Å². The second-order valence-electron chi connectivity index (χ2n) is 4.00. The van der Waals surface area contributed by atoms with Crippen LogP contribution in [0.3, 0.4) is 0 Å². The van der Waals surface area contributed by atoms with Gasteiger partial charge in [0.25, 0.3) is 5.91 Å². The van der Waals surface area contributed by atoms with Crippen LogP contribution < -0.4 is 10.2 Å². The van der Waals surface area contributed by atoms with E-state index >= 15 is 0 Å². The molecule has 1 heterocycles. The molecule has 1 aromatic heterocycles. The molecule has 0 atom stereocenters. The minimum Gasteiger partial charge on any atom is -0.481 e. The van der Waals surface area contributed by atoms with Gasteiger partial charge < -0.3 is 4.74 Å². The number of hydrazone groups is 1. The van der Waals surface area contributed by atoms with Gasteiger partial charge in [0.2, 0.25) is 0 Å². The molecule has 5 nitrogen and oxygen atoms in total. The van der Waals surface area contributed by atoms with Crippen LogP contribution in [0.2, 0.25) is 0 Å². The van der Waals surface area contributed by atoms with Crippen LogP contribution in [0.1, 0.15) is 15.9 Å². The molecule has 0 bridgehead atoms. The molecule has 0 unspecified atom stereocenters. The number of amides is 1. The lowest BCUT2D eigenvalue weighted by Crippen LogP contribution is -2.17. The first kappa shape index (κ1) is 14.3. The van der Waals surface area contributed by atoms with Gasteiger partial charge in [0.1, 0.15) is 12.4 Å². The third kappa shape index (κ3) is 4.48. The van der Waals surface area contributed by atoms with Crippen LogP contribution >= 0.6 is 0 Å². The predicted molar refractivity (Wildman–Crippen MR) is 80.1 cm³/mol. The Hall–Kier alpha value is -3.13. The molecule has 0 aliphatic heterocycles. The van der Waals surface area contributed by atoms with Crippen LogP contribution in [0, 0.1) is 12.3 Å². The summed E-state index contributed by atoms with van der Waals surface area (Å²) in [7, 11) is 0. The Kier molecular flexibility index (Phi) is 5.07. The number of pyridine rings is 1. The van der Waals surface area contributed by atoms with Crippen LogP contribution in [-0.4, -0.2) is 23.7 Å². The van der Waals surface area contributed by atoms with E-state index in [9.17, 15) is 4.79 Å². The quantitative estimate of drug-likeness (QED) is 0.516. The average Bonchev–Trinajstić information content (AvgIpc) is 2.55. The summed E-state index contributed by atoms with van der Waals surface area (Å²) >= 11 is 0. The minimum atomic E-state index is -0.289. The fourth-order valence-electron chi connectivity index (χ4n) is 1.51. The van der Waals surface area contributed by atoms with Crippen molar-refractivity contribution in [2.75, 3.05) is 6.61 Å². The highest BCUT2D eigenvalue weighted by Gasteiger charge is 2.01.